The fourth-order valence-corrected chi connectivity index (χ4v) is 5.16. The van der Waals surface area contributed by atoms with Crippen LogP contribution in [0.3, 0.4) is 0 Å². The van der Waals surface area contributed by atoms with Crippen LogP contribution in [0.5, 0.6) is 5.75 Å². The van der Waals surface area contributed by atoms with E-state index in [1.165, 1.54) is 21.7 Å². The summed E-state index contributed by atoms with van der Waals surface area (Å²) in [5.41, 5.74) is 3.59. The maximum absolute atomic E-state index is 13.9. The number of rotatable bonds is 2. The number of imide groups is 1. The first-order valence-corrected chi connectivity index (χ1v) is 10.9. The van der Waals surface area contributed by atoms with E-state index in [1.807, 2.05) is 36.4 Å². The largest absolute Gasteiger partial charge is 0.503 e. The van der Waals surface area contributed by atoms with E-state index in [4.69, 9.17) is 0 Å². The summed E-state index contributed by atoms with van der Waals surface area (Å²) in [6, 6.07) is 16.1. The van der Waals surface area contributed by atoms with Crippen molar-refractivity contribution in [2.24, 2.45) is 0 Å². The standard InChI is InChI=1S/C26H24N2O4/c1-15(2)28-25(31)22(27-14-13-20(29)24(30)23(27)26(28)32)21-18-9-5-3-7-16(18)11-12-17-8-4-6-10-19(17)21/h3-10,13-15,21-22,30H,11-12H2,1-2H3. The van der Waals surface area contributed by atoms with Crippen LogP contribution in [0, 0.1) is 0 Å². The molecule has 0 radical (unpaired) electrons. The Morgan fingerprint density at radius 2 is 1.44 bits per heavy atom. The predicted octanol–water partition coefficient (Wildman–Crippen LogP) is 3.42. The second kappa shape index (κ2) is 7.48. The van der Waals surface area contributed by atoms with E-state index >= 15 is 0 Å². The van der Waals surface area contributed by atoms with Crippen LogP contribution in [0.2, 0.25) is 0 Å². The van der Waals surface area contributed by atoms with Gasteiger partial charge in [0.15, 0.2) is 11.4 Å². The van der Waals surface area contributed by atoms with Gasteiger partial charge in [-0.2, -0.15) is 0 Å². The van der Waals surface area contributed by atoms with Gasteiger partial charge in [-0.25, -0.2) is 0 Å². The maximum atomic E-state index is 13.9. The van der Waals surface area contributed by atoms with Crippen molar-refractivity contribution in [1.82, 2.24) is 9.47 Å². The Morgan fingerprint density at radius 3 is 2.00 bits per heavy atom. The van der Waals surface area contributed by atoms with Gasteiger partial charge in [0.1, 0.15) is 6.04 Å². The third-order valence-electron chi connectivity index (χ3n) is 6.59. The van der Waals surface area contributed by atoms with Gasteiger partial charge >= 0.3 is 0 Å². The lowest BCUT2D eigenvalue weighted by Gasteiger charge is -2.40. The molecule has 1 atom stereocenters. The molecule has 6 nitrogen and oxygen atoms in total. The van der Waals surface area contributed by atoms with Gasteiger partial charge in [0.2, 0.25) is 5.43 Å². The lowest BCUT2D eigenvalue weighted by Crippen LogP contribution is -2.53. The highest BCUT2D eigenvalue weighted by molar-refractivity contribution is 6.09. The normalized spacial score (nSPS) is 18.2. The zero-order valence-corrected chi connectivity index (χ0v) is 18.0. The molecule has 0 bridgehead atoms. The van der Waals surface area contributed by atoms with E-state index in [-0.39, 0.29) is 17.5 Å². The fourth-order valence-electron chi connectivity index (χ4n) is 5.16. The van der Waals surface area contributed by atoms with Crippen molar-refractivity contribution < 1.29 is 14.7 Å². The number of fused-ring (bicyclic) bond motifs is 3. The molecule has 32 heavy (non-hydrogen) atoms. The van der Waals surface area contributed by atoms with Gasteiger partial charge in [0.25, 0.3) is 11.8 Å². The van der Waals surface area contributed by atoms with Crippen LogP contribution >= 0.6 is 0 Å². The summed E-state index contributed by atoms with van der Waals surface area (Å²) in [6.07, 6.45) is 3.16. The molecule has 5 rings (SSSR count). The molecular formula is C26H24N2O4. The third-order valence-corrected chi connectivity index (χ3v) is 6.59. The summed E-state index contributed by atoms with van der Waals surface area (Å²) in [6.45, 7) is 3.52. The minimum Gasteiger partial charge on any atom is -0.503 e. The molecule has 2 amide bonds. The van der Waals surface area contributed by atoms with Crippen molar-refractivity contribution in [3.05, 3.63) is 99.0 Å². The number of carbonyl (C=O) groups is 2. The molecule has 0 saturated carbocycles. The average molecular weight is 428 g/mol. The van der Waals surface area contributed by atoms with E-state index in [9.17, 15) is 19.5 Å². The third kappa shape index (κ3) is 2.90. The number of benzene rings is 2. The number of amides is 2. The molecular weight excluding hydrogens is 404 g/mol. The highest BCUT2D eigenvalue weighted by Gasteiger charge is 2.46. The summed E-state index contributed by atoms with van der Waals surface area (Å²) < 4.78 is 1.50. The van der Waals surface area contributed by atoms with Crippen LogP contribution in [-0.2, 0) is 17.6 Å². The summed E-state index contributed by atoms with van der Waals surface area (Å²) in [4.78, 5) is 40.5. The minimum absolute atomic E-state index is 0.130. The molecule has 1 aromatic heterocycles. The van der Waals surface area contributed by atoms with Gasteiger partial charge < -0.3 is 9.67 Å². The Labute approximate surface area is 185 Å². The highest BCUT2D eigenvalue weighted by atomic mass is 16.3. The van der Waals surface area contributed by atoms with Crippen LogP contribution in [0.1, 0.15) is 58.5 Å². The van der Waals surface area contributed by atoms with Crippen LogP contribution in [-0.4, -0.2) is 32.4 Å². The van der Waals surface area contributed by atoms with Gasteiger partial charge in [0, 0.05) is 24.2 Å². The van der Waals surface area contributed by atoms with E-state index in [0.717, 1.165) is 35.1 Å². The monoisotopic (exact) mass is 428 g/mol. The number of aromatic nitrogens is 1. The summed E-state index contributed by atoms with van der Waals surface area (Å²) in [5.74, 6) is -1.97. The minimum atomic E-state index is -0.808. The van der Waals surface area contributed by atoms with Gasteiger partial charge in [-0.15, -0.1) is 0 Å². The predicted molar refractivity (Wildman–Crippen MR) is 120 cm³/mol. The quantitative estimate of drug-likeness (QED) is 0.635. The number of nitrogens with zero attached hydrogens (tertiary/aromatic N) is 2. The SMILES string of the molecule is CC(C)N1C(=O)c2c(O)c(=O)ccn2C(C2c3ccccc3CCc3ccccc32)C1=O. The summed E-state index contributed by atoms with van der Waals surface area (Å²) in [5, 5.41) is 10.6. The van der Waals surface area contributed by atoms with Gasteiger partial charge in [-0.05, 0) is 48.9 Å². The number of carbonyl (C=O) groups excluding carboxylic acids is 2. The van der Waals surface area contributed by atoms with E-state index < -0.39 is 29.2 Å². The molecule has 2 aliphatic rings. The molecule has 1 unspecified atom stereocenters. The molecule has 0 saturated heterocycles. The molecule has 2 aromatic carbocycles. The Morgan fingerprint density at radius 1 is 0.875 bits per heavy atom. The van der Waals surface area contributed by atoms with Crippen molar-refractivity contribution >= 4 is 11.8 Å². The summed E-state index contributed by atoms with van der Waals surface area (Å²) >= 11 is 0. The van der Waals surface area contributed by atoms with Gasteiger partial charge in [-0.1, -0.05) is 48.5 Å². The molecule has 0 spiro atoms. The maximum Gasteiger partial charge on any atom is 0.281 e. The molecule has 1 aliphatic carbocycles. The Kier molecular flexibility index (Phi) is 4.73. The van der Waals surface area contributed by atoms with Crippen molar-refractivity contribution in [1.29, 1.82) is 0 Å². The lowest BCUT2D eigenvalue weighted by molar-refractivity contribution is -0.135. The number of hydrogen-bond donors (Lipinski definition) is 1. The van der Waals surface area contributed by atoms with Crippen LogP contribution in [0.25, 0.3) is 0 Å². The number of pyridine rings is 1. The fraction of sp³-hybridized carbons (Fsp3) is 0.269. The van der Waals surface area contributed by atoms with E-state index in [0.29, 0.717) is 0 Å². The zero-order chi connectivity index (χ0) is 22.6. The number of aromatic hydroxyl groups is 1. The first-order valence-electron chi connectivity index (χ1n) is 10.9. The second-order valence-corrected chi connectivity index (χ2v) is 8.71. The van der Waals surface area contributed by atoms with Crippen LogP contribution in [0.15, 0.2) is 65.6 Å². The molecule has 1 aliphatic heterocycles. The first kappa shape index (κ1) is 20.2. The Hall–Kier alpha value is -3.67. The van der Waals surface area contributed by atoms with Crippen LogP contribution < -0.4 is 5.43 Å². The molecule has 162 valence electrons. The smallest absolute Gasteiger partial charge is 0.281 e. The molecule has 2 heterocycles. The first-order chi connectivity index (χ1) is 15.4. The van der Waals surface area contributed by atoms with Gasteiger partial charge in [-0.3, -0.25) is 19.3 Å². The summed E-state index contributed by atoms with van der Waals surface area (Å²) in [7, 11) is 0. The van der Waals surface area contributed by atoms with Crippen molar-refractivity contribution in [2.45, 2.75) is 44.7 Å². The number of aryl methyl sites for hydroxylation is 2. The topological polar surface area (TPSA) is 79.6 Å². The molecule has 3 aromatic rings. The van der Waals surface area contributed by atoms with Gasteiger partial charge in [0.05, 0.1) is 0 Å². The van der Waals surface area contributed by atoms with E-state index in [2.05, 4.69) is 12.1 Å². The van der Waals surface area contributed by atoms with Crippen molar-refractivity contribution in [3.8, 4) is 5.75 Å². The molecule has 0 fully saturated rings. The molecule has 6 heteroatoms. The zero-order valence-electron chi connectivity index (χ0n) is 18.0. The number of hydrogen-bond acceptors (Lipinski definition) is 4. The second-order valence-electron chi connectivity index (χ2n) is 8.71. The Balaban J connectivity index is 1.84. The van der Waals surface area contributed by atoms with Crippen molar-refractivity contribution in [3.63, 3.8) is 0 Å². The van der Waals surface area contributed by atoms with Crippen molar-refractivity contribution in [2.75, 3.05) is 0 Å². The highest BCUT2D eigenvalue weighted by Crippen LogP contribution is 2.44. The lowest BCUT2D eigenvalue weighted by atomic mass is 9.80. The van der Waals surface area contributed by atoms with Crippen LogP contribution in [0.4, 0.5) is 0 Å². The Bertz CT molecular complexity index is 1260. The average Bonchev–Trinajstić information content (AvgIpc) is 2.93. The van der Waals surface area contributed by atoms with E-state index in [1.54, 1.807) is 13.8 Å². The molecule has 1 N–H and O–H groups in total.